The molecule has 0 aliphatic heterocycles. The van der Waals surface area contributed by atoms with E-state index in [-0.39, 0.29) is 5.41 Å². The monoisotopic (exact) mass is 357 g/mol. The summed E-state index contributed by atoms with van der Waals surface area (Å²) < 4.78 is 10.8. The first-order valence-electron chi connectivity index (χ1n) is 10.2. The van der Waals surface area contributed by atoms with E-state index in [9.17, 15) is 0 Å². The van der Waals surface area contributed by atoms with Crippen molar-refractivity contribution in [2.75, 3.05) is 6.61 Å². The summed E-state index contributed by atoms with van der Waals surface area (Å²) in [5.41, 5.74) is 3.82. The number of rotatable bonds is 6. The third kappa shape index (κ3) is 3.75. The lowest BCUT2D eigenvalue weighted by atomic mass is 9.91. The lowest BCUT2D eigenvalue weighted by molar-refractivity contribution is 0.0254. The van der Waals surface area contributed by atoms with Crippen LogP contribution in [0.5, 0.6) is 0 Å². The maximum atomic E-state index is 6.26. The molecule has 4 heteroatoms. The first-order valence-corrected chi connectivity index (χ1v) is 10.2. The smallest absolute Gasteiger partial charge is 0.159 e. The van der Waals surface area contributed by atoms with Crippen molar-refractivity contribution in [3.05, 3.63) is 35.3 Å². The number of hydrogen-bond acceptors (Lipinski definition) is 2. The van der Waals surface area contributed by atoms with Crippen LogP contribution in [0.1, 0.15) is 82.9 Å². The van der Waals surface area contributed by atoms with E-state index < -0.39 is 0 Å². The van der Waals surface area contributed by atoms with Crippen LogP contribution in [-0.4, -0.2) is 27.1 Å². The van der Waals surface area contributed by atoms with Gasteiger partial charge in [-0.3, -0.25) is 4.68 Å². The van der Waals surface area contributed by atoms with Gasteiger partial charge in [0, 0.05) is 35.2 Å². The number of hydrogen-bond donors (Lipinski definition) is 0. The van der Waals surface area contributed by atoms with E-state index in [1.807, 2.05) is 0 Å². The van der Waals surface area contributed by atoms with E-state index in [4.69, 9.17) is 9.84 Å². The van der Waals surface area contributed by atoms with Crippen molar-refractivity contribution in [1.82, 2.24) is 14.3 Å². The van der Waals surface area contributed by atoms with Gasteiger partial charge in [0.05, 0.1) is 12.1 Å². The van der Waals surface area contributed by atoms with E-state index in [0.29, 0.717) is 12.1 Å². The summed E-state index contributed by atoms with van der Waals surface area (Å²) in [5, 5.41) is 5.10. The molecule has 2 aromatic heterocycles. The molecule has 0 spiro atoms. The average molecular weight is 358 g/mol. The summed E-state index contributed by atoms with van der Waals surface area (Å²) >= 11 is 0. The molecule has 0 aromatic carbocycles. The molecule has 4 nitrogen and oxygen atoms in total. The summed E-state index contributed by atoms with van der Waals surface area (Å²) in [5.74, 6) is 1.04. The average Bonchev–Trinajstić information content (AvgIpc) is 3.25. The molecule has 2 heterocycles. The lowest BCUT2D eigenvalue weighted by Gasteiger charge is -2.27. The maximum Gasteiger partial charge on any atom is 0.159 e. The standard InChI is InChI=1S/C22H35N3O/c1-7-8-14-26-19-11-9-10-18(19)25-20(22(4,5)6)15-21(23-25)24-16(2)12-13-17(24)3/h12-13,15,18-19H,7-11,14H2,1-6H3/t18-,19+/m0/s1. The Morgan fingerprint density at radius 2 is 1.85 bits per heavy atom. The Hall–Kier alpha value is -1.55. The van der Waals surface area contributed by atoms with Gasteiger partial charge in [-0.2, -0.15) is 5.10 Å². The quantitative estimate of drug-likeness (QED) is 0.640. The van der Waals surface area contributed by atoms with Crippen molar-refractivity contribution in [2.45, 2.75) is 91.2 Å². The first-order chi connectivity index (χ1) is 12.3. The largest absolute Gasteiger partial charge is 0.376 e. The molecule has 2 atom stereocenters. The summed E-state index contributed by atoms with van der Waals surface area (Å²) in [7, 11) is 0. The molecule has 1 fully saturated rings. The second-order valence-corrected chi connectivity index (χ2v) is 8.79. The Labute approximate surface area is 158 Å². The van der Waals surface area contributed by atoms with Gasteiger partial charge in [-0.05, 0) is 51.7 Å². The van der Waals surface area contributed by atoms with Crippen molar-refractivity contribution >= 4 is 0 Å². The zero-order valence-electron chi connectivity index (χ0n) is 17.4. The first kappa shape index (κ1) is 19.2. The molecule has 1 aliphatic rings. The molecular weight excluding hydrogens is 322 g/mol. The fourth-order valence-electron chi connectivity index (χ4n) is 4.09. The molecule has 0 radical (unpaired) electrons. The minimum atomic E-state index is 0.0524. The minimum absolute atomic E-state index is 0.0524. The highest BCUT2D eigenvalue weighted by atomic mass is 16.5. The van der Waals surface area contributed by atoms with Crippen LogP contribution in [-0.2, 0) is 10.2 Å². The second-order valence-electron chi connectivity index (χ2n) is 8.79. The Morgan fingerprint density at radius 3 is 2.46 bits per heavy atom. The van der Waals surface area contributed by atoms with Crippen LogP contribution in [0.15, 0.2) is 18.2 Å². The van der Waals surface area contributed by atoms with E-state index in [1.165, 1.54) is 29.9 Å². The molecule has 0 unspecified atom stereocenters. The maximum absolute atomic E-state index is 6.26. The zero-order chi connectivity index (χ0) is 18.9. The van der Waals surface area contributed by atoms with Gasteiger partial charge in [-0.1, -0.05) is 34.1 Å². The second kappa shape index (κ2) is 7.59. The molecule has 0 N–H and O–H groups in total. The Bertz CT molecular complexity index is 716. The van der Waals surface area contributed by atoms with Crippen molar-refractivity contribution in [2.24, 2.45) is 0 Å². The van der Waals surface area contributed by atoms with E-state index in [2.05, 4.69) is 69.0 Å². The lowest BCUT2D eigenvalue weighted by Crippen LogP contribution is -2.28. The third-order valence-electron chi connectivity index (χ3n) is 5.55. The topological polar surface area (TPSA) is 32.0 Å². The highest BCUT2D eigenvalue weighted by molar-refractivity contribution is 5.35. The van der Waals surface area contributed by atoms with E-state index in [0.717, 1.165) is 31.7 Å². The predicted molar refractivity (Wildman–Crippen MR) is 107 cm³/mol. The van der Waals surface area contributed by atoms with Gasteiger partial charge < -0.3 is 9.30 Å². The Balaban J connectivity index is 1.98. The molecular formula is C22H35N3O. The van der Waals surface area contributed by atoms with Crippen molar-refractivity contribution in [3.8, 4) is 5.82 Å². The Morgan fingerprint density at radius 1 is 1.15 bits per heavy atom. The highest BCUT2D eigenvalue weighted by Gasteiger charge is 2.34. The fourth-order valence-corrected chi connectivity index (χ4v) is 4.09. The third-order valence-corrected chi connectivity index (χ3v) is 5.55. The summed E-state index contributed by atoms with van der Waals surface area (Å²) in [6.45, 7) is 14.2. The molecule has 0 amide bonds. The van der Waals surface area contributed by atoms with Gasteiger partial charge in [0.25, 0.3) is 0 Å². The number of ether oxygens (including phenoxy) is 1. The summed E-state index contributed by atoms with van der Waals surface area (Å²) in [4.78, 5) is 0. The van der Waals surface area contributed by atoms with Crippen molar-refractivity contribution in [1.29, 1.82) is 0 Å². The van der Waals surface area contributed by atoms with Crippen LogP contribution in [0.25, 0.3) is 5.82 Å². The molecule has 144 valence electrons. The van der Waals surface area contributed by atoms with Gasteiger partial charge >= 0.3 is 0 Å². The van der Waals surface area contributed by atoms with Crippen LogP contribution in [0.4, 0.5) is 0 Å². The van der Waals surface area contributed by atoms with Crippen LogP contribution in [0, 0.1) is 13.8 Å². The van der Waals surface area contributed by atoms with Gasteiger partial charge in [0.1, 0.15) is 0 Å². The SMILES string of the molecule is CCCCO[C@@H]1CCC[C@@H]1n1nc(-n2c(C)ccc2C)cc1C(C)(C)C. The van der Waals surface area contributed by atoms with Crippen molar-refractivity contribution in [3.63, 3.8) is 0 Å². The Kier molecular flexibility index (Phi) is 5.61. The molecule has 0 bridgehead atoms. The molecule has 0 saturated heterocycles. The highest BCUT2D eigenvalue weighted by Crippen LogP contribution is 2.37. The number of aromatic nitrogens is 3. The molecule has 26 heavy (non-hydrogen) atoms. The fraction of sp³-hybridized carbons (Fsp3) is 0.682. The van der Waals surface area contributed by atoms with Crippen molar-refractivity contribution < 1.29 is 4.74 Å². The minimum Gasteiger partial charge on any atom is -0.376 e. The van der Waals surface area contributed by atoms with Crippen LogP contribution in [0.3, 0.4) is 0 Å². The number of nitrogens with zero attached hydrogens (tertiary/aromatic N) is 3. The van der Waals surface area contributed by atoms with Gasteiger partial charge in [-0.15, -0.1) is 0 Å². The van der Waals surface area contributed by atoms with Crippen LogP contribution in [0.2, 0.25) is 0 Å². The van der Waals surface area contributed by atoms with Gasteiger partial charge in [-0.25, -0.2) is 0 Å². The molecule has 3 rings (SSSR count). The van der Waals surface area contributed by atoms with E-state index >= 15 is 0 Å². The zero-order valence-corrected chi connectivity index (χ0v) is 17.4. The van der Waals surface area contributed by atoms with Gasteiger partial charge in [0.2, 0.25) is 0 Å². The predicted octanol–water partition coefficient (Wildman–Crippen LogP) is 5.50. The summed E-state index contributed by atoms with van der Waals surface area (Å²) in [6, 6.07) is 6.96. The number of aryl methyl sites for hydroxylation is 2. The van der Waals surface area contributed by atoms with E-state index in [1.54, 1.807) is 0 Å². The molecule has 1 aliphatic carbocycles. The summed E-state index contributed by atoms with van der Waals surface area (Å²) in [6.07, 6.45) is 6.15. The molecule has 1 saturated carbocycles. The van der Waals surface area contributed by atoms with Gasteiger partial charge in [0.15, 0.2) is 5.82 Å². The number of unbranched alkanes of at least 4 members (excludes halogenated alkanes) is 1. The van der Waals surface area contributed by atoms with Crippen LogP contribution < -0.4 is 0 Å². The van der Waals surface area contributed by atoms with Crippen LogP contribution >= 0.6 is 0 Å². The molecule has 2 aromatic rings. The normalized spacial score (nSPS) is 20.8.